The Morgan fingerprint density at radius 1 is 1.29 bits per heavy atom. The van der Waals surface area contributed by atoms with E-state index in [2.05, 4.69) is 9.97 Å². The van der Waals surface area contributed by atoms with Crippen LogP contribution in [0.25, 0.3) is 0 Å². The number of ether oxygens (including phenoxy) is 1. The molecule has 0 fully saturated rings. The molecule has 0 bridgehead atoms. The lowest BCUT2D eigenvalue weighted by atomic mass is 10.1. The van der Waals surface area contributed by atoms with E-state index in [0.717, 1.165) is 5.56 Å². The second-order valence-electron chi connectivity index (χ2n) is 4.68. The fraction of sp³-hybridized carbons (Fsp3) is 0.267. The molecule has 2 rings (SSSR count). The van der Waals surface area contributed by atoms with Crippen molar-refractivity contribution in [2.45, 2.75) is 30.9 Å². The topological polar surface area (TPSA) is 72.0 Å². The number of aromatic nitrogens is 2. The molecule has 110 valence electrons. The first-order valence-corrected chi connectivity index (χ1v) is 7.51. The van der Waals surface area contributed by atoms with E-state index < -0.39 is 0 Å². The first kappa shape index (κ1) is 15.3. The Morgan fingerprint density at radius 2 is 2.00 bits per heavy atom. The van der Waals surface area contributed by atoms with Crippen molar-refractivity contribution < 1.29 is 9.53 Å². The van der Waals surface area contributed by atoms with Crippen molar-refractivity contribution in [1.82, 2.24) is 9.97 Å². The molecule has 2 aromatic rings. The number of aromatic amines is 1. The highest BCUT2D eigenvalue weighted by molar-refractivity contribution is 7.98. The standard InChI is InChI=1S/C15H16N2O3S/c1-10(2)20-14(19)12-5-3-11(4-6-12)9-21-15-16-8-7-13(18)17-15/h3-8,10H,9H2,1-2H3,(H,16,17,18). The van der Waals surface area contributed by atoms with Gasteiger partial charge < -0.3 is 9.72 Å². The minimum atomic E-state index is -0.321. The summed E-state index contributed by atoms with van der Waals surface area (Å²) in [6.45, 7) is 3.63. The first-order valence-electron chi connectivity index (χ1n) is 6.52. The van der Waals surface area contributed by atoms with Crippen LogP contribution in [-0.4, -0.2) is 22.0 Å². The van der Waals surface area contributed by atoms with Gasteiger partial charge in [0.25, 0.3) is 5.56 Å². The van der Waals surface area contributed by atoms with Gasteiger partial charge in [-0.2, -0.15) is 0 Å². The first-order chi connectivity index (χ1) is 10.0. The number of H-pyrrole nitrogens is 1. The predicted octanol–water partition coefficient (Wildman–Crippen LogP) is 2.63. The summed E-state index contributed by atoms with van der Waals surface area (Å²) in [5.41, 5.74) is 1.40. The maximum Gasteiger partial charge on any atom is 0.338 e. The van der Waals surface area contributed by atoms with Gasteiger partial charge in [-0.1, -0.05) is 23.9 Å². The molecule has 21 heavy (non-hydrogen) atoms. The van der Waals surface area contributed by atoms with Gasteiger partial charge >= 0.3 is 5.97 Å². The number of hydrogen-bond acceptors (Lipinski definition) is 5. The molecule has 0 unspecified atom stereocenters. The van der Waals surface area contributed by atoms with Crippen molar-refractivity contribution in [3.63, 3.8) is 0 Å². The number of thioether (sulfide) groups is 1. The number of hydrogen-bond donors (Lipinski definition) is 1. The van der Waals surface area contributed by atoms with Gasteiger partial charge in [-0.3, -0.25) is 4.79 Å². The molecule has 0 aliphatic carbocycles. The summed E-state index contributed by atoms with van der Waals surface area (Å²) in [5.74, 6) is 0.338. The third-order valence-corrected chi connectivity index (χ3v) is 3.51. The zero-order valence-corrected chi connectivity index (χ0v) is 12.6. The lowest BCUT2D eigenvalue weighted by Gasteiger charge is -2.08. The van der Waals surface area contributed by atoms with Crippen LogP contribution in [0.3, 0.4) is 0 Å². The summed E-state index contributed by atoms with van der Waals surface area (Å²) >= 11 is 1.43. The Hall–Kier alpha value is -2.08. The summed E-state index contributed by atoms with van der Waals surface area (Å²) in [4.78, 5) is 29.6. The number of carbonyl (C=O) groups is 1. The van der Waals surface area contributed by atoms with Crippen LogP contribution in [0.15, 0.2) is 46.5 Å². The van der Waals surface area contributed by atoms with Crippen LogP contribution in [0.1, 0.15) is 29.8 Å². The second-order valence-corrected chi connectivity index (χ2v) is 5.64. The lowest BCUT2D eigenvalue weighted by Crippen LogP contribution is -2.11. The molecule has 1 aromatic heterocycles. The van der Waals surface area contributed by atoms with Crippen molar-refractivity contribution in [3.05, 3.63) is 58.0 Å². The number of benzene rings is 1. The molecule has 0 amide bonds. The van der Waals surface area contributed by atoms with Crippen LogP contribution < -0.4 is 5.56 Å². The maximum atomic E-state index is 11.7. The van der Waals surface area contributed by atoms with Crippen LogP contribution in [0, 0.1) is 0 Å². The molecule has 0 atom stereocenters. The Labute approximate surface area is 126 Å². The molecule has 5 nitrogen and oxygen atoms in total. The number of carbonyl (C=O) groups excluding carboxylic acids is 1. The largest absolute Gasteiger partial charge is 0.459 e. The van der Waals surface area contributed by atoms with Gasteiger partial charge in [0, 0.05) is 18.0 Å². The normalized spacial score (nSPS) is 10.6. The molecule has 0 saturated carbocycles. The molecule has 0 spiro atoms. The molecule has 1 heterocycles. The minimum absolute atomic E-state index is 0.131. The van der Waals surface area contributed by atoms with Crippen molar-refractivity contribution in [2.75, 3.05) is 0 Å². The average Bonchev–Trinajstić information content (AvgIpc) is 2.45. The summed E-state index contributed by atoms with van der Waals surface area (Å²) in [6, 6.07) is 8.58. The van der Waals surface area contributed by atoms with Gasteiger partial charge in [-0.25, -0.2) is 9.78 Å². The van der Waals surface area contributed by atoms with Crippen LogP contribution in [-0.2, 0) is 10.5 Å². The van der Waals surface area contributed by atoms with Gasteiger partial charge in [-0.05, 0) is 31.5 Å². The van der Waals surface area contributed by atoms with Crippen LogP contribution in [0.5, 0.6) is 0 Å². The smallest absolute Gasteiger partial charge is 0.338 e. The third-order valence-electron chi connectivity index (χ3n) is 2.56. The Kier molecular flexibility index (Phi) is 5.16. The maximum absolute atomic E-state index is 11.7. The Morgan fingerprint density at radius 3 is 2.62 bits per heavy atom. The van der Waals surface area contributed by atoms with Gasteiger partial charge in [0.05, 0.1) is 11.7 Å². The predicted molar refractivity (Wildman–Crippen MR) is 81.4 cm³/mol. The van der Waals surface area contributed by atoms with E-state index in [-0.39, 0.29) is 17.6 Å². The summed E-state index contributed by atoms with van der Waals surface area (Å²) in [7, 11) is 0. The van der Waals surface area contributed by atoms with E-state index in [9.17, 15) is 9.59 Å². The van der Waals surface area contributed by atoms with Crippen LogP contribution >= 0.6 is 11.8 Å². The van der Waals surface area contributed by atoms with Crippen molar-refractivity contribution in [1.29, 1.82) is 0 Å². The third kappa shape index (κ3) is 4.75. The zero-order valence-electron chi connectivity index (χ0n) is 11.8. The monoisotopic (exact) mass is 304 g/mol. The van der Waals surface area contributed by atoms with Crippen molar-refractivity contribution >= 4 is 17.7 Å². The van der Waals surface area contributed by atoms with Crippen molar-refractivity contribution in [2.24, 2.45) is 0 Å². The van der Waals surface area contributed by atoms with Gasteiger partial charge in [-0.15, -0.1) is 0 Å². The minimum Gasteiger partial charge on any atom is -0.459 e. The van der Waals surface area contributed by atoms with E-state index in [0.29, 0.717) is 16.5 Å². The molecule has 0 saturated heterocycles. The fourth-order valence-corrected chi connectivity index (χ4v) is 2.40. The van der Waals surface area contributed by atoms with Gasteiger partial charge in [0.2, 0.25) is 0 Å². The van der Waals surface area contributed by atoms with Gasteiger partial charge in [0.1, 0.15) is 0 Å². The molecular weight excluding hydrogens is 288 g/mol. The Bertz CT molecular complexity index is 665. The van der Waals surface area contributed by atoms with E-state index in [1.165, 1.54) is 24.0 Å². The SMILES string of the molecule is CC(C)OC(=O)c1ccc(CSc2nccc(=O)[nH]2)cc1. The quantitative estimate of drug-likeness (QED) is 0.522. The summed E-state index contributed by atoms with van der Waals surface area (Å²) in [5, 5.41) is 0.575. The highest BCUT2D eigenvalue weighted by Gasteiger charge is 2.08. The molecule has 0 aliphatic rings. The summed E-state index contributed by atoms with van der Waals surface area (Å²) < 4.78 is 5.12. The van der Waals surface area contributed by atoms with Crippen LogP contribution in [0.2, 0.25) is 0 Å². The van der Waals surface area contributed by atoms with E-state index in [1.807, 2.05) is 26.0 Å². The highest BCUT2D eigenvalue weighted by Crippen LogP contribution is 2.18. The zero-order chi connectivity index (χ0) is 15.2. The van der Waals surface area contributed by atoms with Crippen LogP contribution in [0.4, 0.5) is 0 Å². The Balaban J connectivity index is 1.96. The van der Waals surface area contributed by atoms with Gasteiger partial charge in [0.15, 0.2) is 5.16 Å². The molecule has 0 aliphatic heterocycles. The lowest BCUT2D eigenvalue weighted by molar-refractivity contribution is 0.0378. The number of rotatable bonds is 5. The fourth-order valence-electron chi connectivity index (χ4n) is 1.60. The molecule has 6 heteroatoms. The molecule has 1 aromatic carbocycles. The highest BCUT2D eigenvalue weighted by atomic mass is 32.2. The number of nitrogens with zero attached hydrogens (tertiary/aromatic N) is 1. The van der Waals surface area contributed by atoms with Crippen molar-refractivity contribution in [3.8, 4) is 0 Å². The van der Waals surface area contributed by atoms with E-state index >= 15 is 0 Å². The number of nitrogens with one attached hydrogen (secondary N) is 1. The van der Waals surface area contributed by atoms with E-state index in [1.54, 1.807) is 12.1 Å². The van der Waals surface area contributed by atoms with E-state index in [4.69, 9.17) is 4.74 Å². The number of esters is 1. The second kappa shape index (κ2) is 7.08. The molecule has 1 N–H and O–H groups in total. The molecular formula is C15H16N2O3S. The molecule has 0 radical (unpaired) electrons. The average molecular weight is 304 g/mol. The summed E-state index contributed by atoms with van der Waals surface area (Å²) in [6.07, 6.45) is 1.35.